The van der Waals surface area contributed by atoms with Crippen molar-refractivity contribution in [2.45, 2.75) is 19.4 Å². The van der Waals surface area contributed by atoms with Crippen LogP contribution in [0.1, 0.15) is 13.3 Å². The number of aliphatic hydroxyl groups excluding tert-OH is 1. The molecule has 1 aliphatic rings. The molecule has 62 valence electrons. The van der Waals surface area contributed by atoms with Gasteiger partial charge in [-0.1, -0.05) is 13.0 Å². The van der Waals surface area contributed by atoms with Gasteiger partial charge in [0.15, 0.2) is 0 Å². The fourth-order valence-electron chi connectivity index (χ4n) is 1.00. The van der Waals surface area contributed by atoms with E-state index in [9.17, 15) is 4.79 Å². The smallest absolute Gasteiger partial charge is 0.330 e. The first-order chi connectivity index (χ1) is 5.24. The van der Waals surface area contributed by atoms with Gasteiger partial charge in [-0.2, -0.15) is 0 Å². The number of hydrogen-bond acceptors (Lipinski definition) is 3. The van der Waals surface area contributed by atoms with E-state index in [1.807, 2.05) is 6.92 Å². The van der Waals surface area contributed by atoms with Gasteiger partial charge in [-0.25, -0.2) is 4.79 Å². The minimum absolute atomic E-state index is 0.0314. The van der Waals surface area contributed by atoms with E-state index in [4.69, 9.17) is 9.84 Å². The summed E-state index contributed by atoms with van der Waals surface area (Å²) in [4.78, 5) is 10.7. The second-order valence-corrected chi connectivity index (χ2v) is 2.77. The van der Waals surface area contributed by atoms with Gasteiger partial charge in [0.2, 0.25) is 0 Å². The number of cyclic esters (lactones) is 1. The number of carbonyl (C=O) groups excluding carboxylic acids is 1. The largest absolute Gasteiger partial charge is 0.459 e. The second-order valence-electron chi connectivity index (χ2n) is 2.77. The third-order valence-electron chi connectivity index (χ3n) is 1.81. The van der Waals surface area contributed by atoms with Crippen molar-refractivity contribution < 1.29 is 14.6 Å². The molecule has 0 aliphatic carbocycles. The monoisotopic (exact) mass is 156 g/mol. The summed E-state index contributed by atoms with van der Waals surface area (Å²) in [6.45, 7) is 1.92. The van der Waals surface area contributed by atoms with Crippen molar-refractivity contribution in [1.82, 2.24) is 0 Å². The zero-order chi connectivity index (χ0) is 8.27. The van der Waals surface area contributed by atoms with Gasteiger partial charge >= 0.3 is 5.97 Å². The molecule has 3 nitrogen and oxygen atoms in total. The van der Waals surface area contributed by atoms with Crippen LogP contribution in [0.3, 0.4) is 0 Å². The molecule has 2 unspecified atom stereocenters. The number of aliphatic hydroxyl groups is 1. The Hall–Kier alpha value is -0.830. The average molecular weight is 156 g/mol. The van der Waals surface area contributed by atoms with Gasteiger partial charge < -0.3 is 9.84 Å². The lowest BCUT2D eigenvalue weighted by molar-refractivity contribution is -0.147. The van der Waals surface area contributed by atoms with Crippen molar-refractivity contribution >= 4 is 5.97 Å². The average Bonchev–Trinajstić information content (AvgIpc) is 2.03. The predicted octanol–water partition coefficient (Wildman–Crippen LogP) is 0.486. The summed E-state index contributed by atoms with van der Waals surface area (Å²) >= 11 is 0. The van der Waals surface area contributed by atoms with Crippen LogP contribution in [0.2, 0.25) is 0 Å². The van der Waals surface area contributed by atoms with Crippen molar-refractivity contribution in [3.05, 3.63) is 12.2 Å². The molecule has 1 N–H and O–H groups in total. The lowest BCUT2D eigenvalue weighted by atomic mass is 10.0. The zero-order valence-electron chi connectivity index (χ0n) is 6.49. The number of rotatable bonds is 2. The summed E-state index contributed by atoms with van der Waals surface area (Å²) < 4.78 is 4.95. The Labute approximate surface area is 65.7 Å². The Morgan fingerprint density at radius 2 is 2.64 bits per heavy atom. The number of carbonyl (C=O) groups is 1. The van der Waals surface area contributed by atoms with Crippen LogP contribution in [0, 0.1) is 5.92 Å². The molecule has 0 radical (unpaired) electrons. The second kappa shape index (κ2) is 3.53. The minimum Gasteiger partial charge on any atom is -0.459 e. The Kier molecular flexibility index (Phi) is 2.65. The van der Waals surface area contributed by atoms with E-state index in [1.54, 1.807) is 6.08 Å². The number of esters is 1. The zero-order valence-corrected chi connectivity index (χ0v) is 6.49. The molecule has 0 saturated heterocycles. The lowest BCUT2D eigenvalue weighted by Crippen LogP contribution is -2.28. The molecule has 0 spiro atoms. The molecule has 0 amide bonds. The van der Waals surface area contributed by atoms with E-state index >= 15 is 0 Å². The third kappa shape index (κ3) is 2.05. The Morgan fingerprint density at radius 1 is 1.91 bits per heavy atom. The van der Waals surface area contributed by atoms with Crippen molar-refractivity contribution in [2.24, 2.45) is 5.92 Å². The topological polar surface area (TPSA) is 46.5 Å². The fourth-order valence-corrected chi connectivity index (χ4v) is 1.00. The molecule has 0 saturated carbocycles. The van der Waals surface area contributed by atoms with Gasteiger partial charge in [-0.15, -0.1) is 0 Å². The summed E-state index contributed by atoms with van der Waals surface area (Å²) in [5.41, 5.74) is 0. The molecule has 0 aromatic heterocycles. The summed E-state index contributed by atoms with van der Waals surface area (Å²) in [5, 5.41) is 8.76. The molecule has 0 fully saturated rings. The van der Waals surface area contributed by atoms with E-state index in [0.29, 0.717) is 6.42 Å². The highest BCUT2D eigenvalue weighted by molar-refractivity contribution is 5.82. The van der Waals surface area contributed by atoms with Gasteiger partial charge in [0.25, 0.3) is 0 Å². The van der Waals surface area contributed by atoms with E-state index in [1.165, 1.54) is 6.08 Å². The summed E-state index contributed by atoms with van der Waals surface area (Å²) in [5.74, 6) is -0.273. The quantitative estimate of drug-likeness (QED) is 0.592. The number of ether oxygens (including phenoxy) is 1. The molecule has 0 bridgehead atoms. The van der Waals surface area contributed by atoms with Crippen molar-refractivity contribution in [2.75, 3.05) is 6.61 Å². The summed E-state index contributed by atoms with van der Waals surface area (Å²) in [6, 6.07) is 0. The first-order valence-electron chi connectivity index (χ1n) is 3.72. The van der Waals surface area contributed by atoms with E-state index < -0.39 is 0 Å². The van der Waals surface area contributed by atoms with Crippen molar-refractivity contribution in [3.63, 3.8) is 0 Å². The van der Waals surface area contributed by atoms with Gasteiger partial charge in [-0.05, 0) is 0 Å². The molecule has 3 heteroatoms. The Bertz CT molecular complexity index is 174. The maximum absolute atomic E-state index is 10.7. The predicted molar refractivity (Wildman–Crippen MR) is 39.9 cm³/mol. The van der Waals surface area contributed by atoms with Crippen LogP contribution in [-0.4, -0.2) is 23.8 Å². The number of hydrogen-bond donors (Lipinski definition) is 1. The highest BCUT2D eigenvalue weighted by Gasteiger charge is 2.21. The van der Waals surface area contributed by atoms with Crippen LogP contribution in [0.5, 0.6) is 0 Å². The summed E-state index contributed by atoms with van der Waals surface area (Å²) in [6.07, 6.45) is 3.77. The molecule has 2 atom stereocenters. The minimum atomic E-state index is -0.304. The van der Waals surface area contributed by atoms with Crippen LogP contribution in [0.25, 0.3) is 0 Å². The van der Waals surface area contributed by atoms with Crippen LogP contribution >= 0.6 is 0 Å². The van der Waals surface area contributed by atoms with Gasteiger partial charge in [0.1, 0.15) is 6.10 Å². The van der Waals surface area contributed by atoms with Crippen LogP contribution in [0.15, 0.2) is 12.2 Å². The summed E-state index contributed by atoms with van der Waals surface area (Å²) in [7, 11) is 0. The van der Waals surface area contributed by atoms with Crippen molar-refractivity contribution in [1.29, 1.82) is 0 Å². The standard InChI is InChI=1S/C8H12O3/c1-6(5-9)7-3-2-4-8(10)11-7/h2,4,6-7,9H,3,5H2,1H3. The highest BCUT2D eigenvalue weighted by Crippen LogP contribution is 2.15. The molecule has 1 rings (SSSR count). The highest BCUT2D eigenvalue weighted by atomic mass is 16.5. The molecular weight excluding hydrogens is 144 g/mol. The van der Waals surface area contributed by atoms with E-state index in [2.05, 4.69) is 0 Å². The molecule has 11 heavy (non-hydrogen) atoms. The Morgan fingerprint density at radius 3 is 3.18 bits per heavy atom. The van der Waals surface area contributed by atoms with E-state index in [-0.39, 0.29) is 24.6 Å². The lowest BCUT2D eigenvalue weighted by Gasteiger charge is -2.23. The van der Waals surface area contributed by atoms with Gasteiger partial charge in [-0.3, -0.25) is 0 Å². The van der Waals surface area contributed by atoms with Crippen LogP contribution in [-0.2, 0) is 9.53 Å². The molecule has 0 aromatic rings. The molecular formula is C8H12O3. The maximum atomic E-state index is 10.7. The Balaban J connectivity index is 2.49. The van der Waals surface area contributed by atoms with Crippen LogP contribution < -0.4 is 0 Å². The first-order valence-corrected chi connectivity index (χ1v) is 3.72. The van der Waals surface area contributed by atoms with Gasteiger partial charge in [0, 0.05) is 25.0 Å². The molecule has 0 aromatic carbocycles. The first kappa shape index (κ1) is 8.27. The van der Waals surface area contributed by atoms with Crippen LogP contribution in [0.4, 0.5) is 0 Å². The normalized spacial score (nSPS) is 26.4. The van der Waals surface area contributed by atoms with E-state index in [0.717, 1.165) is 0 Å². The molecule has 1 aliphatic heterocycles. The maximum Gasteiger partial charge on any atom is 0.330 e. The van der Waals surface area contributed by atoms with Gasteiger partial charge in [0.05, 0.1) is 0 Å². The van der Waals surface area contributed by atoms with Crippen molar-refractivity contribution in [3.8, 4) is 0 Å². The third-order valence-corrected chi connectivity index (χ3v) is 1.81. The molecule has 1 heterocycles. The SMILES string of the molecule is CC(CO)C1CC=CC(=O)O1. The fraction of sp³-hybridized carbons (Fsp3) is 0.625.